The molecule has 1 aliphatic rings. The van der Waals surface area contributed by atoms with Crippen LogP contribution in [0.3, 0.4) is 0 Å². The van der Waals surface area contributed by atoms with Crippen molar-refractivity contribution < 1.29 is 9.53 Å². The summed E-state index contributed by atoms with van der Waals surface area (Å²) in [6.45, 7) is 2.92. The van der Waals surface area contributed by atoms with Gasteiger partial charge in [0, 0.05) is 6.42 Å². The van der Waals surface area contributed by atoms with Gasteiger partial charge < -0.3 is 4.74 Å². The lowest BCUT2D eigenvalue weighted by molar-refractivity contribution is -0.144. The largest absolute Gasteiger partial charge is 0.465 e. The third kappa shape index (κ3) is 9.67. The van der Waals surface area contributed by atoms with Gasteiger partial charge in [0.15, 0.2) is 0 Å². The van der Waals surface area contributed by atoms with Crippen LogP contribution in [0.5, 0.6) is 0 Å². The van der Waals surface area contributed by atoms with Gasteiger partial charge in [0.1, 0.15) is 0 Å². The van der Waals surface area contributed by atoms with Gasteiger partial charge in [-0.2, -0.15) is 0 Å². The SMILES string of the molecule is CCCCCCCCc1ccc(CCCCC(=O)OCC2CC2)cc1. The smallest absolute Gasteiger partial charge is 0.305 e. The normalized spacial score (nSPS) is 13.8. The van der Waals surface area contributed by atoms with E-state index in [9.17, 15) is 4.79 Å². The predicted octanol–water partition coefficient (Wildman–Crippen LogP) is 6.26. The van der Waals surface area contributed by atoms with Crippen LogP contribution < -0.4 is 0 Å². The third-order valence-corrected chi connectivity index (χ3v) is 5.12. The van der Waals surface area contributed by atoms with Gasteiger partial charge in [-0.05, 0) is 62.0 Å². The second-order valence-electron chi connectivity index (χ2n) is 7.67. The Morgan fingerprint density at radius 1 is 0.880 bits per heavy atom. The highest BCUT2D eigenvalue weighted by atomic mass is 16.5. The molecule has 0 bridgehead atoms. The topological polar surface area (TPSA) is 26.3 Å². The number of rotatable bonds is 14. The summed E-state index contributed by atoms with van der Waals surface area (Å²) in [7, 11) is 0. The molecule has 0 amide bonds. The van der Waals surface area contributed by atoms with Crippen LogP contribution in [0.1, 0.15) is 88.7 Å². The minimum absolute atomic E-state index is 0.0128. The Kier molecular flexibility index (Phi) is 9.69. The maximum absolute atomic E-state index is 11.6. The second kappa shape index (κ2) is 12.1. The van der Waals surface area contributed by atoms with Crippen LogP contribution in [0, 0.1) is 5.92 Å². The molecule has 1 aromatic rings. The lowest BCUT2D eigenvalue weighted by Crippen LogP contribution is -2.06. The zero-order valence-corrected chi connectivity index (χ0v) is 16.1. The molecule has 0 radical (unpaired) electrons. The summed E-state index contributed by atoms with van der Waals surface area (Å²) in [6.07, 6.45) is 15.5. The molecule has 25 heavy (non-hydrogen) atoms. The maximum Gasteiger partial charge on any atom is 0.305 e. The highest BCUT2D eigenvalue weighted by Crippen LogP contribution is 2.28. The molecule has 0 atom stereocenters. The number of carbonyl (C=O) groups is 1. The van der Waals surface area contributed by atoms with E-state index in [4.69, 9.17) is 4.74 Å². The molecule has 2 heteroatoms. The van der Waals surface area contributed by atoms with Crippen LogP contribution in [-0.4, -0.2) is 12.6 Å². The van der Waals surface area contributed by atoms with E-state index in [1.165, 1.54) is 68.9 Å². The number of hydrogen-bond acceptors (Lipinski definition) is 2. The maximum atomic E-state index is 11.6. The van der Waals surface area contributed by atoms with E-state index < -0.39 is 0 Å². The first-order valence-electron chi connectivity index (χ1n) is 10.5. The van der Waals surface area contributed by atoms with Crippen molar-refractivity contribution in [1.29, 1.82) is 0 Å². The fourth-order valence-electron chi connectivity index (χ4n) is 3.15. The van der Waals surface area contributed by atoms with Crippen molar-refractivity contribution in [3.8, 4) is 0 Å². The fourth-order valence-corrected chi connectivity index (χ4v) is 3.15. The number of unbranched alkanes of at least 4 members (excludes halogenated alkanes) is 6. The number of benzene rings is 1. The molecular weight excluding hydrogens is 308 g/mol. The van der Waals surface area contributed by atoms with Gasteiger partial charge in [-0.15, -0.1) is 0 Å². The molecule has 140 valence electrons. The van der Waals surface area contributed by atoms with Crippen LogP contribution in [0.15, 0.2) is 24.3 Å². The van der Waals surface area contributed by atoms with Crippen LogP contribution in [-0.2, 0) is 22.4 Å². The number of aryl methyl sites for hydroxylation is 2. The second-order valence-corrected chi connectivity index (χ2v) is 7.67. The van der Waals surface area contributed by atoms with Crippen molar-refractivity contribution in [3.63, 3.8) is 0 Å². The number of esters is 1. The predicted molar refractivity (Wildman–Crippen MR) is 105 cm³/mol. The van der Waals surface area contributed by atoms with Crippen molar-refractivity contribution >= 4 is 5.97 Å². The van der Waals surface area contributed by atoms with Crippen molar-refractivity contribution in [2.45, 2.75) is 90.4 Å². The van der Waals surface area contributed by atoms with E-state index in [1.54, 1.807) is 0 Å². The van der Waals surface area contributed by atoms with Crippen LogP contribution in [0.4, 0.5) is 0 Å². The summed E-state index contributed by atoms with van der Waals surface area (Å²) in [6, 6.07) is 9.09. The summed E-state index contributed by atoms with van der Waals surface area (Å²) in [5.41, 5.74) is 2.85. The van der Waals surface area contributed by atoms with Gasteiger partial charge in [-0.25, -0.2) is 0 Å². The average molecular weight is 345 g/mol. The molecule has 0 saturated heterocycles. The molecular formula is C23H36O2. The summed E-state index contributed by atoms with van der Waals surface area (Å²) in [5.74, 6) is 0.653. The highest BCUT2D eigenvalue weighted by Gasteiger charge is 2.22. The molecule has 2 rings (SSSR count). The van der Waals surface area contributed by atoms with Gasteiger partial charge in [0.25, 0.3) is 0 Å². The van der Waals surface area contributed by atoms with Gasteiger partial charge in [0.2, 0.25) is 0 Å². The van der Waals surface area contributed by atoms with Crippen LogP contribution >= 0.6 is 0 Å². The van der Waals surface area contributed by atoms with Crippen molar-refractivity contribution in [2.75, 3.05) is 6.61 Å². The lowest BCUT2D eigenvalue weighted by atomic mass is 10.0. The summed E-state index contributed by atoms with van der Waals surface area (Å²) >= 11 is 0. The molecule has 2 nitrogen and oxygen atoms in total. The van der Waals surface area contributed by atoms with Crippen molar-refractivity contribution in [2.24, 2.45) is 5.92 Å². The van der Waals surface area contributed by atoms with E-state index >= 15 is 0 Å². The number of carbonyl (C=O) groups excluding carboxylic acids is 1. The molecule has 0 aromatic heterocycles. The third-order valence-electron chi connectivity index (χ3n) is 5.12. The molecule has 0 unspecified atom stereocenters. The molecule has 0 spiro atoms. The Labute approximate surface area is 154 Å². The Bertz CT molecular complexity index is 473. The number of hydrogen-bond donors (Lipinski definition) is 0. The van der Waals surface area contributed by atoms with Gasteiger partial charge in [0.05, 0.1) is 6.61 Å². The molecule has 1 fully saturated rings. The zero-order chi connectivity index (χ0) is 17.7. The summed E-state index contributed by atoms with van der Waals surface area (Å²) < 4.78 is 5.26. The first kappa shape index (κ1) is 20.0. The monoisotopic (exact) mass is 344 g/mol. The first-order chi connectivity index (χ1) is 12.3. The van der Waals surface area contributed by atoms with E-state index in [2.05, 4.69) is 31.2 Å². The highest BCUT2D eigenvalue weighted by molar-refractivity contribution is 5.69. The minimum Gasteiger partial charge on any atom is -0.465 e. The molecule has 0 N–H and O–H groups in total. The van der Waals surface area contributed by atoms with Crippen molar-refractivity contribution in [1.82, 2.24) is 0 Å². The van der Waals surface area contributed by atoms with Crippen LogP contribution in [0.25, 0.3) is 0 Å². The summed E-state index contributed by atoms with van der Waals surface area (Å²) in [4.78, 5) is 11.6. The quantitative estimate of drug-likeness (QED) is 0.294. The zero-order valence-electron chi connectivity index (χ0n) is 16.1. The molecule has 1 aliphatic carbocycles. The van der Waals surface area contributed by atoms with E-state index in [1.807, 2.05) is 0 Å². The van der Waals surface area contributed by atoms with E-state index in [0.717, 1.165) is 19.3 Å². The minimum atomic E-state index is -0.0128. The van der Waals surface area contributed by atoms with E-state index in [0.29, 0.717) is 18.9 Å². The fraction of sp³-hybridized carbons (Fsp3) is 0.696. The summed E-state index contributed by atoms with van der Waals surface area (Å²) in [5, 5.41) is 0. The Morgan fingerprint density at radius 3 is 2.04 bits per heavy atom. The first-order valence-corrected chi connectivity index (χ1v) is 10.5. The molecule has 1 saturated carbocycles. The van der Waals surface area contributed by atoms with Gasteiger partial charge in [-0.1, -0.05) is 63.3 Å². The van der Waals surface area contributed by atoms with Gasteiger partial charge >= 0.3 is 5.97 Å². The molecule has 1 aromatic carbocycles. The Hall–Kier alpha value is -1.31. The lowest BCUT2D eigenvalue weighted by Gasteiger charge is -2.06. The van der Waals surface area contributed by atoms with E-state index in [-0.39, 0.29) is 5.97 Å². The van der Waals surface area contributed by atoms with Crippen LogP contribution in [0.2, 0.25) is 0 Å². The standard InChI is InChI=1S/C23H36O2/c1-2-3-4-5-6-7-10-20-13-15-21(16-14-20)11-8-9-12-23(24)25-19-22-17-18-22/h13-16,22H,2-12,17-19H2,1H3. The van der Waals surface area contributed by atoms with Crippen molar-refractivity contribution in [3.05, 3.63) is 35.4 Å². The Morgan fingerprint density at radius 2 is 1.44 bits per heavy atom. The van der Waals surface area contributed by atoms with Gasteiger partial charge in [-0.3, -0.25) is 4.79 Å². The Balaban J connectivity index is 1.50. The number of ether oxygens (including phenoxy) is 1. The molecule has 0 aliphatic heterocycles. The average Bonchev–Trinajstić information content (AvgIpc) is 3.45. The molecule has 0 heterocycles.